The van der Waals surface area contributed by atoms with Crippen molar-refractivity contribution in [3.05, 3.63) is 53.2 Å². The second kappa shape index (κ2) is 13.3. The molecule has 0 bridgehead atoms. The molecule has 1 aromatic rings. The van der Waals surface area contributed by atoms with Gasteiger partial charge in [0.1, 0.15) is 5.82 Å². The normalized spacial score (nSPS) is 19.2. The van der Waals surface area contributed by atoms with Crippen molar-refractivity contribution < 1.29 is 0 Å². The highest BCUT2D eigenvalue weighted by atomic mass is 32.2. The van der Waals surface area contributed by atoms with Crippen molar-refractivity contribution in [2.75, 3.05) is 38.5 Å². The Morgan fingerprint density at radius 1 is 1.12 bits per heavy atom. The Morgan fingerprint density at radius 2 is 1.88 bits per heavy atom. The van der Waals surface area contributed by atoms with Gasteiger partial charge in [-0.05, 0) is 125 Å². The lowest BCUT2D eigenvalue weighted by Crippen LogP contribution is -2.42. The van der Waals surface area contributed by atoms with Gasteiger partial charge in [-0.1, -0.05) is 38.6 Å². The number of aryl methyl sites for hydroxylation is 2. The number of fused-ring (bicyclic) bond motifs is 1. The van der Waals surface area contributed by atoms with E-state index in [0.29, 0.717) is 0 Å². The molecule has 2 N–H and O–H groups in total. The highest BCUT2D eigenvalue weighted by Gasteiger charge is 2.24. The lowest BCUT2D eigenvalue weighted by molar-refractivity contribution is 0.143. The van der Waals surface area contributed by atoms with Gasteiger partial charge in [0.15, 0.2) is 0 Å². The summed E-state index contributed by atoms with van der Waals surface area (Å²) in [5.74, 6) is 0.827. The first-order valence-corrected chi connectivity index (χ1v) is 13.5. The fourth-order valence-corrected chi connectivity index (χ4v) is 5.48. The van der Waals surface area contributed by atoms with Gasteiger partial charge >= 0.3 is 0 Å². The van der Waals surface area contributed by atoms with Crippen LogP contribution in [0.4, 0.5) is 5.69 Å². The number of likely N-dealkylation sites (tertiary alicyclic amines) is 2. The van der Waals surface area contributed by atoms with Crippen LogP contribution in [0.15, 0.2) is 36.5 Å². The second-order valence-electron chi connectivity index (χ2n) is 9.46. The topological polar surface area (TPSA) is 30.5 Å². The zero-order valence-corrected chi connectivity index (χ0v) is 21.2. The summed E-state index contributed by atoms with van der Waals surface area (Å²) in [5, 5.41) is 5.24. The summed E-state index contributed by atoms with van der Waals surface area (Å²) in [6, 6.07) is 5.52. The van der Waals surface area contributed by atoms with Crippen molar-refractivity contribution in [2.45, 2.75) is 77.2 Å². The van der Waals surface area contributed by atoms with Gasteiger partial charge in [-0.3, -0.25) is 0 Å². The van der Waals surface area contributed by atoms with E-state index >= 15 is 0 Å². The van der Waals surface area contributed by atoms with Crippen LogP contribution in [-0.2, 0) is 19.3 Å². The van der Waals surface area contributed by atoms with Crippen LogP contribution < -0.4 is 10.0 Å². The molecule has 0 spiro atoms. The van der Waals surface area contributed by atoms with Gasteiger partial charge in [0.2, 0.25) is 0 Å². The molecule has 2 heterocycles. The van der Waals surface area contributed by atoms with Crippen LogP contribution in [0.25, 0.3) is 0 Å². The molecular weight excluding hydrogens is 412 g/mol. The molecule has 0 atom stereocenters. The molecule has 178 valence electrons. The number of rotatable bonds is 9. The quantitative estimate of drug-likeness (QED) is 0.448. The van der Waals surface area contributed by atoms with Crippen LogP contribution in [0.2, 0.25) is 0 Å². The summed E-state index contributed by atoms with van der Waals surface area (Å²) in [5.41, 5.74) is 5.69. The SMILES string of the molecule is C=CSNC(=C)Nc1c(CCCC)ccc2c1CCC2.CN1CCC(N2CCCC2)CC1. The first-order valence-electron chi connectivity index (χ1n) is 12.7. The lowest BCUT2D eigenvalue weighted by atomic mass is 9.99. The van der Waals surface area contributed by atoms with Crippen molar-refractivity contribution in [1.82, 2.24) is 14.5 Å². The molecule has 32 heavy (non-hydrogen) atoms. The van der Waals surface area contributed by atoms with Crippen LogP contribution in [0.1, 0.15) is 68.6 Å². The van der Waals surface area contributed by atoms with Gasteiger partial charge < -0.3 is 19.8 Å². The highest BCUT2D eigenvalue weighted by Crippen LogP contribution is 2.33. The van der Waals surface area contributed by atoms with E-state index in [-0.39, 0.29) is 0 Å². The van der Waals surface area contributed by atoms with E-state index in [1.54, 1.807) is 5.41 Å². The molecular formula is C27H44N4S. The van der Waals surface area contributed by atoms with Gasteiger partial charge in [-0.15, -0.1) is 0 Å². The number of nitrogens with one attached hydrogen (secondary N) is 2. The Kier molecular flexibility index (Phi) is 10.5. The zero-order valence-electron chi connectivity index (χ0n) is 20.4. The third-order valence-electron chi connectivity index (χ3n) is 7.06. The standard InChI is InChI=1S/C17H24N2S.C10H20N2/c1-4-6-8-15-12-11-14-9-7-10-16(14)17(15)18-13(3)19-20-5-2;1-11-8-4-10(5-9-11)12-6-2-3-7-12/h5,11-12,18-19H,2-4,6-10H2,1H3;10H,2-9H2,1H3. The molecule has 0 aromatic heterocycles. The summed E-state index contributed by atoms with van der Waals surface area (Å²) in [4.78, 5) is 5.15. The van der Waals surface area contributed by atoms with E-state index in [9.17, 15) is 0 Å². The summed E-state index contributed by atoms with van der Waals surface area (Å²) in [7, 11) is 2.24. The fraction of sp³-hybridized carbons (Fsp3) is 0.630. The van der Waals surface area contributed by atoms with E-state index in [0.717, 1.165) is 18.3 Å². The van der Waals surface area contributed by atoms with E-state index < -0.39 is 0 Å². The third-order valence-corrected chi connectivity index (χ3v) is 7.59. The maximum atomic E-state index is 4.04. The van der Waals surface area contributed by atoms with Gasteiger partial charge in [-0.2, -0.15) is 0 Å². The molecule has 2 saturated heterocycles. The largest absolute Gasteiger partial charge is 0.341 e. The maximum absolute atomic E-state index is 4.04. The number of piperidine rings is 1. The predicted molar refractivity (Wildman–Crippen MR) is 142 cm³/mol. The van der Waals surface area contributed by atoms with Crippen LogP contribution in [0.5, 0.6) is 0 Å². The average molecular weight is 457 g/mol. The Hall–Kier alpha value is -1.43. The number of hydrogen-bond donors (Lipinski definition) is 2. The monoisotopic (exact) mass is 456 g/mol. The molecule has 4 nitrogen and oxygen atoms in total. The van der Waals surface area contributed by atoms with Crippen LogP contribution in [0, 0.1) is 0 Å². The van der Waals surface area contributed by atoms with Crippen LogP contribution in [0.3, 0.4) is 0 Å². The number of benzene rings is 1. The van der Waals surface area contributed by atoms with Crippen molar-refractivity contribution in [1.29, 1.82) is 0 Å². The Balaban J connectivity index is 0.000000204. The van der Waals surface area contributed by atoms with Gasteiger partial charge in [-0.25, -0.2) is 0 Å². The van der Waals surface area contributed by atoms with E-state index in [4.69, 9.17) is 0 Å². The van der Waals surface area contributed by atoms with Crippen molar-refractivity contribution >= 4 is 17.6 Å². The Labute approximate surface area is 201 Å². The highest BCUT2D eigenvalue weighted by molar-refractivity contribution is 8.00. The van der Waals surface area contributed by atoms with E-state index in [2.05, 4.69) is 59.1 Å². The minimum absolute atomic E-state index is 0.827. The lowest BCUT2D eigenvalue weighted by Gasteiger charge is -2.34. The molecule has 5 heteroatoms. The predicted octanol–water partition coefficient (Wildman–Crippen LogP) is 5.96. The molecule has 1 aliphatic carbocycles. The molecule has 0 amide bonds. The van der Waals surface area contributed by atoms with Crippen molar-refractivity contribution in [2.24, 2.45) is 0 Å². The first kappa shape index (κ1) is 25.2. The number of nitrogens with zero attached hydrogens (tertiary/aromatic N) is 2. The molecule has 4 rings (SSSR count). The minimum Gasteiger partial charge on any atom is -0.341 e. The summed E-state index contributed by atoms with van der Waals surface area (Å²) in [6.45, 7) is 15.3. The van der Waals surface area contributed by atoms with E-state index in [1.807, 2.05) is 0 Å². The Bertz CT molecular complexity index is 733. The molecule has 0 saturated carbocycles. The molecule has 3 aliphatic rings. The van der Waals surface area contributed by atoms with E-state index in [1.165, 1.54) is 118 Å². The smallest absolute Gasteiger partial charge is 0.106 e. The molecule has 0 radical (unpaired) electrons. The third kappa shape index (κ3) is 7.29. The maximum Gasteiger partial charge on any atom is 0.106 e. The van der Waals surface area contributed by atoms with Crippen LogP contribution >= 0.6 is 11.9 Å². The fourth-order valence-electron chi connectivity index (χ4n) is 5.20. The zero-order chi connectivity index (χ0) is 22.8. The van der Waals surface area contributed by atoms with Gasteiger partial charge in [0.25, 0.3) is 0 Å². The first-order chi connectivity index (χ1) is 15.6. The van der Waals surface area contributed by atoms with Gasteiger partial charge in [0.05, 0.1) is 0 Å². The van der Waals surface area contributed by atoms with Gasteiger partial charge in [0, 0.05) is 11.7 Å². The summed E-state index contributed by atoms with van der Waals surface area (Å²) in [6.07, 6.45) is 12.9. The summed E-state index contributed by atoms with van der Waals surface area (Å²) >= 11 is 1.44. The molecule has 0 unspecified atom stereocenters. The minimum atomic E-state index is 0.827. The molecule has 2 fully saturated rings. The number of hydrogen-bond acceptors (Lipinski definition) is 5. The van der Waals surface area contributed by atoms with Crippen molar-refractivity contribution in [3.63, 3.8) is 0 Å². The van der Waals surface area contributed by atoms with Crippen molar-refractivity contribution in [3.8, 4) is 0 Å². The summed E-state index contributed by atoms with van der Waals surface area (Å²) < 4.78 is 3.15. The second-order valence-corrected chi connectivity index (χ2v) is 10.2. The molecule has 1 aromatic carbocycles. The Morgan fingerprint density at radius 3 is 2.56 bits per heavy atom. The number of unbranched alkanes of at least 4 members (excludes halogenated alkanes) is 1. The average Bonchev–Trinajstić information content (AvgIpc) is 3.50. The number of anilines is 1. The molecule has 2 aliphatic heterocycles. The van der Waals surface area contributed by atoms with Crippen LogP contribution in [-0.4, -0.2) is 49.1 Å².